The molecule has 29 heavy (non-hydrogen) atoms. The molecule has 4 nitrogen and oxygen atoms in total. The summed E-state index contributed by atoms with van der Waals surface area (Å²) in [5.41, 5.74) is 2.75. The quantitative estimate of drug-likeness (QED) is 0.202. The fourth-order valence-electron chi connectivity index (χ4n) is 3.30. The fraction of sp³-hybridized carbons (Fsp3) is 0.136. The topological polar surface area (TPSA) is 80.6 Å². The summed E-state index contributed by atoms with van der Waals surface area (Å²) < 4.78 is 5.79. The van der Waals surface area contributed by atoms with Crippen molar-refractivity contribution < 1.29 is 4.74 Å². The summed E-state index contributed by atoms with van der Waals surface area (Å²) in [5.74, 6) is 0.0523. The Kier molecular flexibility index (Phi) is 6.57. The van der Waals surface area contributed by atoms with Crippen LogP contribution in [0.15, 0.2) is 77.1 Å². The molecule has 0 aromatic heterocycles. The molecule has 1 aliphatic rings. The number of nitrogens with zero attached hydrogens (tertiary/aromatic N) is 3. The Morgan fingerprint density at radius 1 is 0.897 bits per heavy atom. The third-order valence-electron chi connectivity index (χ3n) is 4.75. The van der Waals surface area contributed by atoms with E-state index >= 15 is 0 Å². The van der Waals surface area contributed by atoms with E-state index in [1.807, 2.05) is 73.7 Å². The van der Waals surface area contributed by atoms with E-state index in [0.717, 1.165) is 16.7 Å². The molecule has 3 rings (SSSR count). The van der Waals surface area contributed by atoms with Crippen molar-refractivity contribution in [1.82, 2.24) is 0 Å². The van der Waals surface area contributed by atoms with Gasteiger partial charge in [0, 0.05) is 5.56 Å². The van der Waals surface area contributed by atoms with Gasteiger partial charge in [-0.25, -0.2) is 0 Å². The van der Waals surface area contributed by atoms with Crippen LogP contribution in [0.25, 0.3) is 11.1 Å². The summed E-state index contributed by atoms with van der Waals surface area (Å²) in [6.07, 6.45) is 0. The predicted octanol–water partition coefficient (Wildman–Crippen LogP) is 6.68. The Balaban J connectivity index is 2.22. The molecule has 2 aromatic rings. The van der Waals surface area contributed by atoms with E-state index in [1.54, 1.807) is 0 Å². The Morgan fingerprint density at radius 3 is 1.93 bits per heavy atom. The monoisotopic (exact) mass is 715 g/mol. The summed E-state index contributed by atoms with van der Waals surface area (Å²) >= 11 is 6.81. The molecule has 1 aliphatic heterocycles. The molecule has 0 aliphatic carbocycles. The summed E-state index contributed by atoms with van der Waals surface area (Å²) in [6.45, 7) is 1.83. The zero-order valence-corrected chi connectivity index (χ0v) is 21.6. The smallest absolute Gasteiger partial charge is 0.189 e. The lowest BCUT2D eigenvalue weighted by atomic mass is 9.87. The number of allylic oxidation sites excluding steroid dienone is 2. The molecule has 1 heterocycles. The van der Waals surface area contributed by atoms with Gasteiger partial charge in [-0.1, -0.05) is 122 Å². The summed E-state index contributed by atoms with van der Waals surface area (Å²) in [7, 11) is 0. The zero-order valence-electron chi connectivity index (χ0n) is 15.1. The van der Waals surface area contributed by atoms with Crippen molar-refractivity contribution in [1.29, 1.82) is 15.8 Å². The second-order valence-electron chi connectivity index (χ2n) is 6.26. The molecule has 0 amide bonds. The molecule has 0 fully saturated rings. The maximum Gasteiger partial charge on any atom is 0.189 e. The van der Waals surface area contributed by atoms with Crippen LogP contribution in [0.1, 0.15) is 12.5 Å². The molecule has 7 heteroatoms. The largest absolute Gasteiger partial charge is 0.471 e. The lowest BCUT2D eigenvalue weighted by Crippen LogP contribution is -2.40. The number of hydrogen-bond acceptors (Lipinski definition) is 4. The second kappa shape index (κ2) is 8.63. The van der Waals surface area contributed by atoms with Gasteiger partial charge >= 0.3 is 0 Å². The van der Waals surface area contributed by atoms with Crippen LogP contribution in [-0.2, 0) is 10.3 Å². The van der Waals surface area contributed by atoms with Crippen molar-refractivity contribution >= 4 is 67.8 Å². The van der Waals surface area contributed by atoms with Gasteiger partial charge in [-0.15, -0.1) is 0 Å². The molecule has 0 radical (unpaired) electrons. The number of hydrogen-bond donors (Lipinski definition) is 0. The molecule has 142 valence electrons. The highest BCUT2D eigenvalue weighted by molar-refractivity contribution is 14.3. The van der Waals surface area contributed by atoms with Crippen LogP contribution < -0.4 is 0 Å². The van der Waals surface area contributed by atoms with Crippen molar-refractivity contribution in [2.24, 2.45) is 0 Å². The standard InChI is InChI=1S/C22H12I3N3O/c1-14-19(13-28)20(17(11-26)12-27)29-21(14,22(23,24)25)18-9-7-16(8-10-18)15-5-3-2-4-6-15/h2-10H,1H3. The molecule has 1 atom stereocenters. The summed E-state index contributed by atoms with van der Waals surface area (Å²) in [4.78, 5) is 0. The van der Waals surface area contributed by atoms with Crippen molar-refractivity contribution in [2.45, 2.75) is 12.0 Å². The first-order valence-corrected chi connectivity index (χ1v) is 11.6. The van der Waals surface area contributed by atoms with Gasteiger partial charge < -0.3 is 4.74 Å². The van der Waals surface area contributed by atoms with Crippen molar-refractivity contribution in [3.8, 4) is 29.3 Å². The number of halogens is 3. The SMILES string of the molecule is CC1=C(C#N)C(=C(C#N)C#N)OC1(c1ccc(-c2ccccc2)cc1)C(I)(I)I. The zero-order chi connectivity index (χ0) is 21.2. The Labute approximate surface area is 210 Å². The first-order chi connectivity index (χ1) is 13.8. The molecular weight excluding hydrogens is 703 g/mol. The number of rotatable bonds is 3. The Hall–Kier alpha value is -1.62. The van der Waals surface area contributed by atoms with Crippen LogP contribution in [0.3, 0.4) is 0 Å². The van der Waals surface area contributed by atoms with E-state index in [1.165, 1.54) is 0 Å². The lowest BCUT2D eigenvalue weighted by Gasteiger charge is -2.38. The Bertz CT molecular complexity index is 1130. The van der Waals surface area contributed by atoms with E-state index in [0.29, 0.717) is 5.57 Å². The van der Waals surface area contributed by atoms with Gasteiger partial charge in [0.2, 0.25) is 0 Å². The average molecular weight is 715 g/mol. The van der Waals surface area contributed by atoms with Gasteiger partial charge in [-0.05, 0) is 23.6 Å². The van der Waals surface area contributed by atoms with Crippen LogP contribution in [0.4, 0.5) is 0 Å². The minimum atomic E-state index is -0.997. The first kappa shape index (κ1) is 22.1. The molecular formula is C22H12I3N3O. The third kappa shape index (κ3) is 3.78. The highest BCUT2D eigenvalue weighted by atomic mass is 127. The van der Waals surface area contributed by atoms with E-state index in [9.17, 15) is 15.8 Å². The van der Waals surface area contributed by atoms with Crippen LogP contribution in [0, 0.1) is 34.0 Å². The van der Waals surface area contributed by atoms with E-state index in [-0.39, 0.29) is 16.9 Å². The van der Waals surface area contributed by atoms with Crippen molar-refractivity contribution in [3.05, 3.63) is 82.6 Å². The number of benzene rings is 2. The van der Waals surface area contributed by atoms with Gasteiger partial charge in [0.15, 0.2) is 16.4 Å². The molecule has 0 saturated carbocycles. The van der Waals surface area contributed by atoms with Gasteiger partial charge in [0.25, 0.3) is 0 Å². The lowest BCUT2D eigenvalue weighted by molar-refractivity contribution is 0.0734. The predicted molar refractivity (Wildman–Crippen MR) is 136 cm³/mol. The summed E-state index contributed by atoms with van der Waals surface area (Å²) in [5, 5.41) is 28.4. The van der Waals surface area contributed by atoms with Gasteiger partial charge in [-0.2, -0.15) is 15.8 Å². The molecule has 0 bridgehead atoms. The minimum absolute atomic E-state index is 0.0523. The van der Waals surface area contributed by atoms with Crippen LogP contribution in [-0.4, -0.2) is -0.565 Å². The second-order valence-corrected chi connectivity index (χ2v) is 17.3. The maximum atomic E-state index is 9.74. The van der Waals surface area contributed by atoms with E-state index in [2.05, 4.69) is 73.8 Å². The highest BCUT2D eigenvalue weighted by Gasteiger charge is 2.57. The fourth-order valence-corrected chi connectivity index (χ4v) is 5.78. The average Bonchev–Trinajstić information content (AvgIpc) is 3.03. The van der Waals surface area contributed by atoms with Crippen molar-refractivity contribution in [2.75, 3.05) is 0 Å². The van der Waals surface area contributed by atoms with Crippen LogP contribution in [0.2, 0.25) is 0 Å². The van der Waals surface area contributed by atoms with Crippen LogP contribution in [0.5, 0.6) is 0 Å². The van der Waals surface area contributed by atoms with E-state index in [4.69, 9.17) is 4.74 Å². The van der Waals surface area contributed by atoms with E-state index < -0.39 is 5.04 Å². The normalized spacial score (nSPS) is 18.4. The first-order valence-electron chi connectivity index (χ1n) is 8.38. The third-order valence-corrected chi connectivity index (χ3v) is 7.02. The maximum absolute atomic E-state index is 9.74. The molecule has 1 unspecified atom stereocenters. The van der Waals surface area contributed by atoms with Gasteiger partial charge in [0.05, 0.1) is 5.57 Å². The number of nitriles is 3. The van der Waals surface area contributed by atoms with Crippen LogP contribution >= 0.6 is 67.8 Å². The Morgan fingerprint density at radius 2 is 1.45 bits per heavy atom. The van der Waals surface area contributed by atoms with Gasteiger partial charge in [0.1, 0.15) is 18.2 Å². The summed E-state index contributed by atoms with van der Waals surface area (Å²) in [6, 6.07) is 23.9. The van der Waals surface area contributed by atoms with Gasteiger partial charge in [-0.3, -0.25) is 0 Å². The highest BCUT2D eigenvalue weighted by Crippen LogP contribution is 2.61. The molecule has 0 spiro atoms. The molecule has 0 saturated heterocycles. The number of ether oxygens (including phenoxy) is 1. The number of alkyl halides is 3. The minimum Gasteiger partial charge on any atom is -0.471 e. The molecule has 0 N–H and O–H groups in total. The van der Waals surface area contributed by atoms with Crippen molar-refractivity contribution in [3.63, 3.8) is 0 Å². The molecule has 2 aromatic carbocycles.